The molecule has 0 aliphatic carbocycles. The average Bonchev–Trinajstić information content (AvgIpc) is 3.17. The largest absolute Gasteiger partial charge is 0.487 e. The molecule has 0 unspecified atom stereocenters. The molecule has 0 bridgehead atoms. The number of aryl methyl sites for hydroxylation is 1. The summed E-state index contributed by atoms with van der Waals surface area (Å²) in [6, 6.07) is 14.8. The summed E-state index contributed by atoms with van der Waals surface area (Å²) >= 11 is 0. The molecule has 0 spiro atoms. The quantitative estimate of drug-likeness (QED) is 0.460. The minimum Gasteiger partial charge on any atom is -0.487 e. The normalized spacial score (nSPS) is 11.5. The topological polar surface area (TPSA) is 55.6 Å². The van der Waals surface area contributed by atoms with E-state index in [4.69, 9.17) is 4.74 Å². The van der Waals surface area contributed by atoms with Gasteiger partial charge in [0.1, 0.15) is 18.0 Å². The highest BCUT2D eigenvalue weighted by atomic mass is 19.4. The second kappa shape index (κ2) is 8.14. The first kappa shape index (κ1) is 20.5. The van der Waals surface area contributed by atoms with Crippen LogP contribution in [0.3, 0.4) is 0 Å². The SMILES string of the molecule is Cc1cccn2cc(COc3cccc(C(=O)Nc4cccc(C(F)(F)F)c4)c3)nc12. The molecular weight excluding hydrogens is 407 g/mol. The van der Waals surface area contributed by atoms with Crippen LogP contribution in [-0.2, 0) is 12.8 Å². The number of amides is 1. The number of aromatic nitrogens is 2. The van der Waals surface area contributed by atoms with Crippen LogP contribution in [0.1, 0.15) is 27.2 Å². The lowest BCUT2D eigenvalue weighted by atomic mass is 10.1. The summed E-state index contributed by atoms with van der Waals surface area (Å²) in [6.07, 6.45) is -0.713. The van der Waals surface area contributed by atoms with Gasteiger partial charge in [-0.05, 0) is 55.0 Å². The Morgan fingerprint density at radius 1 is 1.10 bits per heavy atom. The molecule has 2 heterocycles. The maximum Gasteiger partial charge on any atom is 0.416 e. The van der Waals surface area contributed by atoms with Gasteiger partial charge in [-0.1, -0.05) is 18.2 Å². The van der Waals surface area contributed by atoms with E-state index in [-0.39, 0.29) is 17.9 Å². The summed E-state index contributed by atoms with van der Waals surface area (Å²) in [7, 11) is 0. The van der Waals surface area contributed by atoms with Crippen molar-refractivity contribution >= 4 is 17.2 Å². The van der Waals surface area contributed by atoms with E-state index in [2.05, 4.69) is 10.3 Å². The Kier molecular flexibility index (Phi) is 5.37. The van der Waals surface area contributed by atoms with Crippen molar-refractivity contribution in [2.75, 3.05) is 5.32 Å². The molecule has 2 aromatic carbocycles. The molecule has 0 saturated heterocycles. The van der Waals surface area contributed by atoms with Crippen molar-refractivity contribution in [3.05, 3.63) is 95.4 Å². The number of ether oxygens (including phenoxy) is 1. The number of hydrogen-bond donors (Lipinski definition) is 1. The molecule has 5 nitrogen and oxygen atoms in total. The van der Waals surface area contributed by atoms with Crippen LogP contribution in [0, 0.1) is 6.92 Å². The van der Waals surface area contributed by atoms with Crippen LogP contribution in [0.4, 0.5) is 18.9 Å². The fourth-order valence-corrected chi connectivity index (χ4v) is 3.13. The van der Waals surface area contributed by atoms with Crippen molar-refractivity contribution in [1.29, 1.82) is 0 Å². The van der Waals surface area contributed by atoms with E-state index in [1.54, 1.807) is 18.2 Å². The van der Waals surface area contributed by atoms with Crippen LogP contribution >= 0.6 is 0 Å². The first-order valence-electron chi connectivity index (χ1n) is 9.44. The van der Waals surface area contributed by atoms with E-state index in [0.717, 1.165) is 29.0 Å². The molecule has 31 heavy (non-hydrogen) atoms. The lowest BCUT2D eigenvalue weighted by molar-refractivity contribution is -0.137. The Morgan fingerprint density at radius 3 is 2.68 bits per heavy atom. The zero-order valence-corrected chi connectivity index (χ0v) is 16.5. The second-order valence-corrected chi connectivity index (χ2v) is 7.00. The Bertz CT molecular complexity index is 1250. The predicted molar refractivity (Wildman–Crippen MR) is 110 cm³/mol. The van der Waals surface area contributed by atoms with Gasteiger partial charge >= 0.3 is 6.18 Å². The second-order valence-electron chi connectivity index (χ2n) is 7.00. The Morgan fingerprint density at radius 2 is 1.90 bits per heavy atom. The highest BCUT2D eigenvalue weighted by Crippen LogP contribution is 2.30. The van der Waals surface area contributed by atoms with Gasteiger partial charge in [-0.2, -0.15) is 13.2 Å². The highest BCUT2D eigenvalue weighted by molar-refractivity contribution is 6.04. The van der Waals surface area contributed by atoms with Crippen molar-refractivity contribution < 1.29 is 22.7 Å². The molecule has 158 valence electrons. The number of alkyl halides is 3. The fraction of sp³-hybridized carbons (Fsp3) is 0.130. The van der Waals surface area contributed by atoms with E-state index in [1.165, 1.54) is 18.2 Å². The van der Waals surface area contributed by atoms with Gasteiger partial charge in [-0.25, -0.2) is 4.98 Å². The zero-order chi connectivity index (χ0) is 22.0. The van der Waals surface area contributed by atoms with Crippen LogP contribution in [-0.4, -0.2) is 15.3 Å². The predicted octanol–water partition coefficient (Wildman–Crippen LogP) is 5.49. The molecule has 8 heteroatoms. The number of rotatable bonds is 5. The summed E-state index contributed by atoms with van der Waals surface area (Å²) in [6.45, 7) is 2.18. The summed E-state index contributed by atoms with van der Waals surface area (Å²) in [5.41, 5.74) is 2.11. The van der Waals surface area contributed by atoms with Crippen molar-refractivity contribution in [2.45, 2.75) is 19.7 Å². The number of halogens is 3. The monoisotopic (exact) mass is 425 g/mol. The van der Waals surface area contributed by atoms with Gasteiger partial charge in [0.25, 0.3) is 5.91 Å². The molecule has 0 saturated carbocycles. The number of pyridine rings is 1. The van der Waals surface area contributed by atoms with Crippen molar-refractivity contribution in [1.82, 2.24) is 9.38 Å². The average molecular weight is 425 g/mol. The lowest BCUT2D eigenvalue weighted by Crippen LogP contribution is -2.13. The third kappa shape index (κ3) is 4.69. The first-order valence-corrected chi connectivity index (χ1v) is 9.44. The smallest absolute Gasteiger partial charge is 0.416 e. The molecule has 0 radical (unpaired) electrons. The maximum absolute atomic E-state index is 12.9. The molecule has 0 aliphatic rings. The number of benzene rings is 2. The minimum absolute atomic E-state index is 0.0613. The molecule has 0 atom stereocenters. The van der Waals surface area contributed by atoms with Crippen molar-refractivity contribution in [3.8, 4) is 5.75 Å². The molecule has 0 fully saturated rings. The van der Waals surface area contributed by atoms with E-state index in [0.29, 0.717) is 5.75 Å². The molecule has 1 N–H and O–H groups in total. The molecule has 1 amide bonds. The zero-order valence-electron chi connectivity index (χ0n) is 16.5. The van der Waals surface area contributed by atoms with E-state index >= 15 is 0 Å². The van der Waals surface area contributed by atoms with Crippen LogP contribution < -0.4 is 10.1 Å². The lowest BCUT2D eigenvalue weighted by Gasteiger charge is -2.10. The third-order valence-corrected chi connectivity index (χ3v) is 4.66. The van der Waals surface area contributed by atoms with Gasteiger partial charge in [0.15, 0.2) is 0 Å². The number of nitrogens with one attached hydrogen (secondary N) is 1. The molecule has 2 aromatic heterocycles. The Balaban J connectivity index is 1.45. The van der Waals surface area contributed by atoms with Crippen LogP contribution in [0.15, 0.2) is 73.1 Å². The molecule has 4 rings (SSSR count). The first-order chi connectivity index (χ1) is 14.8. The van der Waals surface area contributed by atoms with Gasteiger partial charge in [-0.3, -0.25) is 4.79 Å². The Labute approximate surface area is 176 Å². The highest BCUT2D eigenvalue weighted by Gasteiger charge is 2.30. The molecular formula is C23H18F3N3O2. The maximum atomic E-state index is 12.9. The number of anilines is 1. The van der Waals surface area contributed by atoms with Crippen LogP contribution in [0.5, 0.6) is 5.75 Å². The number of carbonyl (C=O) groups is 1. The van der Waals surface area contributed by atoms with Gasteiger partial charge in [0.05, 0.1) is 11.3 Å². The van der Waals surface area contributed by atoms with Gasteiger partial charge in [0.2, 0.25) is 0 Å². The summed E-state index contributed by atoms with van der Waals surface area (Å²) in [5.74, 6) is -0.0846. The molecule has 0 aliphatic heterocycles. The minimum atomic E-state index is -4.48. The standard InChI is InChI=1S/C23H18F3N3O2/c1-15-5-4-10-29-13-19(27-21(15)29)14-31-20-9-2-6-16(11-20)22(30)28-18-8-3-7-17(12-18)23(24,25)26/h2-13H,14H2,1H3,(H,28,30). The number of fused-ring (bicyclic) bond motifs is 1. The molecule has 4 aromatic rings. The van der Waals surface area contributed by atoms with Crippen molar-refractivity contribution in [2.24, 2.45) is 0 Å². The van der Waals surface area contributed by atoms with Gasteiger partial charge < -0.3 is 14.5 Å². The number of imidazole rings is 1. The van der Waals surface area contributed by atoms with E-state index < -0.39 is 17.6 Å². The summed E-state index contributed by atoms with van der Waals surface area (Å²) in [4.78, 5) is 17.0. The van der Waals surface area contributed by atoms with Gasteiger partial charge in [0, 0.05) is 23.6 Å². The number of hydrogen-bond acceptors (Lipinski definition) is 3. The summed E-state index contributed by atoms with van der Waals surface area (Å²) < 4.78 is 46.3. The van der Waals surface area contributed by atoms with E-state index in [9.17, 15) is 18.0 Å². The van der Waals surface area contributed by atoms with E-state index in [1.807, 2.05) is 35.9 Å². The number of nitrogens with zero attached hydrogens (tertiary/aromatic N) is 2. The van der Waals surface area contributed by atoms with Crippen LogP contribution in [0.25, 0.3) is 5.65 Å². The van der Waals surface area contributed by atoms with Gasteiger partial charge in [-0.15, -0.1) is 0 Å². The summed E-state index contributed by atoms with van der Waals surface area (Å²) in [5, 5.41) is 2.49. The van der Waals surface area contributed by atoms with Crippen LogP contribution in [0.2, 0.25) is 0 Å². The fourth-order valence-electron chi connectivity index (χ4n) is 3.13. The number of carbonyl (C=O) groups excluding carboxylic acids is 1. The Hall–Kier alpha value is -3.81. The third-order valence-electron chi connectivity index (χ3n) is 4.66. The van der Waals surface area contributed by atoms with Crippen molar-refractivity contribution in [3.63, 3.8) is 0 Å².